The third-order valence-corrected chi connectivity index (χ3v) is 6.67. The molecule has 0 amide bonds. The van der Waals surface area contributed by atoms with Crippen molar-refractivity contribution < 1.29 is 18.0 Å². The zero-order valence-corrected chi connectivity index (χ0v) is 15.7. The summed E-state index contributed by atoms with van der Waals surface area (Å²) in [6.45, 7) is 3.42. The summed E-state index contributed by atoms with van der Waals surface area (Å²) < 4.78 is 21.8. The number of hydrogen-bond donors (Lipinski definition) is 0. The average Bonchev–Trinajstić information content (AvgIpc) is 3.20. The van der Waals surface area contributed by atoms with Crippen molar-refractivity contribution in [2.24, 2.45) is 5.92 Å². The molecule has 0 aromatic heterocycles. The van der Waals surface area contributed by atoms with Crippen molar-refractivity contribution >= 4 is 19.0 Å². The highest BCUT2D eigenvalue weighted by Crippen LogP contribution is 2.41. The average molecular weight is 305 g/mol. The summed E-state index contributed by atoms with van der Waals surface area (Å²) in [6, 6.07) is 0.915. The van der Waals surface area contributed by atoms with Gasteiger partial charge in [-0.15, -0.1) is 12.3 Å². The summed E-state index contributed by atoms with van der Waals surface area (Å²) in [5.74, 6) is 0.760. The quantitative estimate of drug-likeness (QED) is 0.548. The highest BCUT2D eigenvalue weighted by atomic mass is 28.4. The number of fused-ring (bicyclic) bond motifs is 1. The van der Waals surface area contributed by atoms with Gasteiger partial charge in [0.2, 0.25) is 0 Å². The Bertz CT molecular complexity index is 263. The summed E-state index contributed by atoms with van der Waals surface area (Å²) in [4.78, 5) is 0. The van der Waals surface area contributed by atoms with Crippen LogP contribution in [0, 0.1) is 5.92 Å². The molecule has 2 fully saturated rings. The van der Waals surface area contributed by atoms with Crippen molar-refractivity contribution in [3.8, 4) is 0 Å². The van der Waals surface area contributed by atoms with Crippen LogP contribution >= 0.6 is 0 Å². The fourth-order valence-corrected chi connectivity index (χ4v) is 4.56. The van der Waals surface area contributed by atoms with Crippen LogP contribution in [0.2, 0.25) is 6.04 Å². The van der Waals surface area contributed by atoms with Crippen LogP contribution in [0.3, 0.4) is 0 Å². The van der Waals surface area contributed by atoms with Gasteiger partial charge < -0.3 is 18.0 Å². The molecule has 3 unspecified atom stereocenters. The molecule has 0 bridgehead atoms. The van der Waals surface area contributed by atoms with Crippen LogP contribution in [0.15, 0.2) is 12.3 Å². The second-order valence-corrected chi connectivity index (χ2v) is 9.04. The SMILES string of the molecule is C=C[SiH3].CO[Si](CCC1CCC2OC2C1)(OC)OC. The first kappa shape index (κ1) is 17.1. The maximum Gasteiger partial charge on any atom is 0.500 e. The topological polar surface area (TPSA) is 40.2 Å². The Balaban J connectivity index is 0.000000550. The standard InChI is InChI=1S/C11H22O4Si.C2H6Si/c1-12-16(13-2,14-3)7-6-9-4-5-10-11(8-9)15-10;1-2-3/h9-11H,4-8H2,1-3H3;2H,1H2,3H3. The summed E-state index contributed by atoms with van der Waals surface area (Å²) in [5, 5.41) is 0. The maximum atomic E-state index is 5.54. The van der Waals surface area contributed by atoms with Gasteiger partial charge in [0.25, 0.3) is 0 Å². The summed E-state index contributed by atoms with van der Waals surface area (Å²) in [6.07, 6.45) is 6.01. The Morgan fingerprint density at radius 1 is 1.21 bits per heavy atom. The molecule has 1 aliphatic heterocycles. The van der Waals surface area contributed by atoms with Gasteiger partial charge in [0.05, 0.1) is 12.2 Å². The number of epoxide rings is 1. The Kier molecular flexibility index (Phi) is 7.49. The smallest absolute Gasteiger partial charge is 0.377 e. The normalized spacial score (nSPS) is 29.1. The zero-order chi connectivity index (χ0) is 14.3. The number of rotatable bonds is 6. The monoisotopic (exact) mass is 304 g/mol. The lowest BCUT2D eigenvalue weighted by atomic mass is 9.88. The Morgan fingerprint density at radius 3 is 2.26 bits per heavy atom. The minimum absolute atomic E-state index is 0.558. The predicted molar refractivity (Wildman–Crippen MR) is 82.3 cm³/mol. The third-order valence-electron chi connectivity index (χ3n) is 3.90. The summed E-state index contributed by atoms with van der Waals surface area (Å²) >= 11 is 0. The van der Waals surface area contributed by atoms with Crippen LogP contribution in [-0.4, -0.2) is 52.6 Å². The molecule has 4 nitrogen and oxygen atoms in total. The lowest BCUT2D eigenvalue weighted by Crippen LogP contribution is -2.43. The zero-order valence-electron chi connectivity index (χ0n) is 12.7. The molecule has 19 heavy (non-hydrogen) atoms. The molecule has 1 saturated heterocycles. The second kappa shape index (κ2) is 8.33. The van der Waals surface area contributed by atoms with E-state index in [9.17, 15) is 0 Å². The van der Waals surface area contributed by atoms with Gasteiger partial charge >= 0.3 is 8.80 Å². The Labute approximate surface area is 121 Å². The van der Waals surface area contributed by atoms with E-state index in [1.54, 1.807) is 21.3 Å². The van der Waals surface area contributed by atoms with E-state index in [0.717, 1.165) is 28.6 Å². The molecule has 0 spiro atoms. The number of ether oxygens (including phenoxy) is 1. The molecule has 0 radical (unpaired) electrons. The fraction of sp³-hybridized carbons (Fsp3) is 0.846. The van der Waals surface area contributed by atoms with Gasteiger partial charge in [0, 0.05) is 37.6 Å². The fourth-order valence-electron chi connectivity index (χ4n) is 2.69. The number of hydrogen-bond acceptors (Lipinski definition) is 4. The second-order valence-electron chi connectivity index (χ2n) is 5.13. The van der Waals surface area contributed by atoms with Crippen LogP contribution in [0.25, 0.3) is 0 Å². The van der Waals surface area contributed by atoms with E-state index in [4.69, 9.17) is 18.0 Å². The van der Waals surface area contributed by atoms with E-state index < -0.39 is 8.80 Å². The summed E-state index contributed by atoms with van der Waals surface area (Å²) in [5.41, 5.74) is 1.89. The molecule has 0 N–H and O–H groups in total. The first-order valence-electron chi connectivity index (χ1n) is 7.02. The molecule has 112 valence electrons. The van der Waals surface area contributed by atoms with Crippen LogP contribution < -0.4 is 0 Å². The highest BCUT2D eigenvalue weighted by molar-refractivity contribution is 6.60. The van der Waals surface area contributed by atoms with Gasteiger partial charge in [-0.1, -0.05) is 0 Å². The highest BCUT2D eigenvalue weighted by Gasteiger charge is 2.45. The van der Waals surface area contributed by atoms with E-state index in [2.05, 4.69) is 6.58 Å². The van der Waals surface area contributed by atoms with Gasteiger partial charge in [-0.3, -0.25) is 0 Å². The van der Waals surface area contributed by atoms with Gasteiger partial charge in [0.15, 0.2) is 0 Å². The lowest BCUT2D eigenvalue weighted by molar-refractivity contribution is 0.120. The van der Waals surface area contributed by atoms with Crippen molar-refractivity contribution in [3.63, 3.8) is 0 Å². The molecule has 0 aromatic carbocycles. The summed E-state index contributed by atoms with van der Waals surface area (Å²) in [7, 11) is 3.82. The predicted octanol–water partition coefficient (Wildman–Crippen LogP) is 1.32. The molecular weight excluding hydrogens is 276 g/mol. The van der Waals surface area contributed by atoms with Crippen LogP contribution in [-0.2, 0) is 18.0 Å². The molecule has 1 aliphatic carbocycles. The van der Waals surface area contributed by atoms with Crippen molar-refractivity contribution in [2.45, 2.75) is 43.9 Å². The molecular formula is C13H28O4Si2. The van der Waals surface area contributed by atoms with Gasteiger partial charge in [0.1, 0.15) is 0 Å². The van der Waals surface area contributed by atoms with E-state index >= 15 is 0 Å². The van der Waals surface area contributed by atoms with Crippen molar-refractivity contribution in [1.82, 2.24) is 0 Å². The molecule has 2 aliphatic rings. The third kappa shape index (κ3) is 5.13. The Hall–Kier alpha value is 0.0138. The van der Waals surface area contributed by atoms with Gasteiger partial charge in [-0.2, -0.15) is 0 Å². The van der Waals surface area contributed by atoms with Gasteiger partial charge in [-0.25, -0.2) is 0 Å². The molecule has 2 rings (SSSR count). The molecule has 6 heteroatoms. The van der Waals surface area contributed by atoms with E-state index in [-0.39, 0.29) is 0 Å². The Morgan fingerprint density at radius 2 is 1.79 bits per heavy atom. The van der Waals surface area contributed by atoms with Crippen molar-refractivity contribution in [1.29, 1.82) is 0 Å². The van der Waals surface area contributed by atoms with E-state index in [1.807, 2.05) is 5.70 Å². The molecule has 1 heterocycles. The molecule has 0 aromatic rings. The lowest BCUT2D eigenvalue weighted by Gasteiger charge is -2.27. The first-order chi connectivity index (χ1) is 9.14. The first-order valence-corrected chi connectivity index (χ1v) is 10.1. The van der Waals surface area contributed by atoms with E-state index in [0.29, 0.717) is 12.2 Å². The molecule has 1 saturated carbocycles. The maximum absolute atomic E-state index is 5.54. The minimum Gasteiger partial charge on any atom is -0.377 e. The van der Waals surface area contributed by atoms with Crippen LogP contribution in [0.4, 0.5) is 0 Å². The van der Waals surface area contributed by atoms with Gasteiger partial charge in [-0.05, 0) is 31.6 Å². The minimum atomic E-state index is -2.35. The molecule has 3 atom stereocenters. The van der Waals surface area contributed by atoms with Crippen LogP contribution in [0.1, 0.15) is 25.7 Å². The largest absolute Gasteiger partial charge is 0.500 e. The van der Waals surface area contributed by atoms with E-state index in [1.165, 1.54) is 19.3 Å². The van der Waals surface area contributed by atoms with Crippen molar-refractivity contribution in [2.75, 3.05) is 21.3 Å². The van der Waals surface area contributed by atoms with Crippen LogP contribution in [0.5, 0.6) is 0 Å². The van der Waals surface area contributed by atoms with Crippen molar-refractivity contribution in [3.05, 3.63) is 12.3 Å².